The van der Waals surface area contributed by atoms with E-state index in [1.807, 2.05) is 12.1 Å². The predicted molar refractivity (Wildman–Crippen MR) is 97.5 cm³/mol. The van der Waals surface area contributed by atoms with E-state index in [4.69, 9.17) is 4.74 Å². The molecule has 0 radical (unpaired) electrons. The van der Waals surface area contributed by atoms with Crippen molar-refractivity contribution < 1.29 is 9.84 Å². The number of methoxy groups -OCH3 is 1. The standard InChI is InChI=1S/C21H27NO2/c1-16-7-6-8-18(13-16)19-9-4-3-5-12-22(19)15-17-10-11-21(24-2)20(23)14-17/h6-8,10-11,13-14,19,23H,3-5,9,12,15H2,1-2H3. The average molecular weight is 325 g/mol. The number of benzene rings is 2. The monoisotopic (exact) mass is 325 g/mol. The zero-order chi connectivity index (χ0) is 16.9. The Morgan fingerprint density at radius 1 is 1.12 bits per heavy atom. The third-order valence-electron chi connectivity index (χ3n) is 4.92. The SMILES string of the molecule is COc1ccc(CN2CCCCCC2c2cccc(C)c2)cc1O. The lowest BCUT2D eigenvalue weighted by atomic mass is 9.98. The van der Waals surface area contributed by atoms with Crippen LogP contribution in [0, 0.1) is 6.92 Å². The van der Waals surface area contributed by atoms with Crippen LogP contribution in [-0.4, -0.2) is 23.7 Å². The predicted octanol–water partition coefficient (Wildman–Crippen LogP) is 4.83. The summed E-state index contributed by atoms with van der Waals surface area (Å²) in [5.41, 5.74) is 3.86. The van der Waals surface area contributed by atoms with Crippen LogP contribution in [0.3, 0.4) is 0 Å². The van der Waals surface area contributed by atoms with Crippen LogP contribution < -0.4 is 4.74 Å². The number of phenolic OH excluding ortho intramolecular Hbond substituents is 1. The van der Waals surface area contributed by atoms with Gasteiger partial charge in [-0.1, -0.05) is 48.7 Å². The molecule has 1 atom stereocenters. The summed E-state index contributed by atoms with van der Waals surface area (Å²) in [6.07, 6.45) is 5.02. The number of aromatic hydroxyl groups is 1. The second-order valence-electron chi connectivity index (χ2n) is 6.76. The van der Waals surface area contributed by atoms with Crippen molar-refractivity contribution in [1.82, 2.24) is 4.90 Å². The van der Waals surface area contributed by atoms with E-state index in [0.717, 1.165) is 18.7 Å². The summed E-state index contributed by atoms with van der Waals surface area (Å²) in [4.78, 5) is 2.56. The highest BCUT2D eigenvalue weighted by Crippen LogP contribution is 2.33. The molecule has 1 saturated heterocycles. The minimum Gasteiger partial charge on any atom is -0.504 e. The number of nitrogens with zero attached hydrogens (tertiary/aromatic N) is 1. The maximum Gasteiger partial charge on any atom is 0.160 e. The molecule has 1 aliphatic heterocycles. The van der Waals surface area contributed by atoms with E-state index < -0.39 is 0 Å². The Bertz CT molecular complexity index is 683. The van der Waals surface area contributed by atoms with Crippen LogP contribution in [0.25, 0.3) is 0 Å². The number of rotatable bonds is 4. The van der Waals surface area contributed by atoms with Crippen LogP contribution in [0.15, 0.2) is 42.5 Å². The Kier molecular flexibility index (Phi) is 5.41. The first kappa shape index (κ1) is 16.8. The van der Waals surface area contributed by atoms with Crippen molar-refractivity contribution in [3.05, 3.63) is 59.2 Å². The highest BCUT2D eigenvalue weighted by Gasteiger charge is 2.23. The molecular formula is C21H27NO2. The van der Waals surface area contributed by atoms with Crippen molar-refractivity contribution in [2.24, 2.45) is 0 Å². The number of ether oxygens (including phenoxy) is 1. The molecule has 0 bridgehead atoms. The third kappa shape index (κ3) is 3.90. The van der Waals surface area contributed by atoms with Gasteiger partial charge in [-0.05, 0) is 49.6 Å². The lowest BCUT2D eigenvalue weighted by Crippen LogP contribution is -2.28. The van der Waals surface area contributed by atoms with Crippen LogP contribution in [0.5, 0.6) is 11.5 Å². The minimum atomic E-state index is 0.219. The summed E-state index contributed by atoms with van der Waals surface area (Å²) in [5, 5.41) is 10.1. The largest absolute Gasteiger partial charge is 0.504 e. The van der Waals surface area contributed by atoms with Crippen molar-refractivity contribution >= 4 is 0 Å². The molecule has 128 valence electrons. The van der Waals surface area contributed by atoms with Gasteiger partial charge in [0.1, 0.15) is 0 Å². The van der Waals surface area contributed by atoms with Crippen molar-refractivity contribution in [2.45, 2.75) is 45.2 Å². The quantitative estimate of drug-likeness (QED) is 0.874. The normalized spacial score (nSPS) is 19.0. The fourth-order valence-electron chi connectivity index (χ4n) is 3.68. The van der Waals surface area contributed by atoms with E-state index in [9.17, 15) is 5.11 Å². The Balaban J connectivity index is 1.83. The van der Waals surface area contributed by atoms with Crippen LogP contribution in [0.4, 0.5) is 0 Å². The molecule has 2 aromatic carbocycles. The summed E-state index contributed by atoms with van der Waals surface area (Å²) in [6.45, 7) is 4.12. The highest BCUT2D eigenvalue weighted by molar-refractivity contribution is 5.41. The molecule has 0 saturated carbocycles. The minimum absolute atomic E-state index is 0.219. The van der Waals surface area contributed by atoms with E-state index in [-0.39, 0.29) is 5.75 Å². The maximum absolute atomic E-state index is 10.1. The number of aryl methyl sites for hydroxylation is 1. The first-order valence-corrected chi connectivity index (χ1v) is 8.84. The van der Waals surface area contributed by atoms with E-state index in [1.165, 1.54) is 36.8 Å². The summed E-state index contributed by atoms with van der Waals surface area (Å²) < 4.78 is 5.15. The fraction of sp³-hybridized carbons (Fsp3) is 0.429. The molecule has 1 fully saturated rings. The Morgan fingerprint density at radius 2 is 2.00 bits per heavy atom. The first-order chi connectivity index (χ1) is 11.7. The summed E-state index contributed by atoms with van der Waals surface area (Å²) in [5.74, 6) is 0.752. The molecule has 3 heteroatoms. The van der Waals surface area contributed by atoms with Crippen molar-refractivity contribution in [2.75, 3.05) is 13.7 Å². The number of hydrogen-bond donors (Lipinski definition) is 1. The summed E-state index contributed by atoms with van der Waals surface area (Å²) in [6, 6.07) is 15.1. The average Bonchev–Trinajstić information content (AvgIpc) is 2.80. The van der Waals surface area contributed by atoms with Gasteiger partial charge in [-0.15, -0.1) is 0 Å². The molecule has 2 aromatic rings. The number of hydrogen-bond acceptors (Lipinski definition) is 3. The molecule has 1 N–H and O–H groups in total. The van der Waals surface area contributed by atoms with Crippen LogP contribution >= 0.6 is 0 Å². The van der Waals surface area contributed by atoms with Crippen molar-refractivity contribution in [3.8, 4) is 11.5 Å². The van der Waals surface area contributed by atoms with Gasteiger partial charge in [0.25, 0.3) is 0 Å². The molecular weight excluding hydrogens is 298 g/mol. The van der Waals surface area contributed by atoms with E-state index in [2.05, 4.69) is 42.2 Å². The summed E-state index contributed by atoms with van der Waals surface area (Å²) >= 11 is 0. The van der Waals surface area contributed by atoms with E-state index >= 15 is 0 Å². The number of phenols is 1. The first-order valence-electron chi connectivity index (χ1n) is 8.84. The molecule has 24 heavy (non-hydrogen) atoms. The Labute approximate surface area is 144 Å². The smallest absolute Gasteiger partial charge is 0.160 e. The Hall–Kier alpha value is -2.00. The van der Waals surface area contributed by atoms with Gasteiger partial charge in [0, 0.05) is 12.6 Å². The lowest BCUT2D eigenvalue weighted by molar-refractivity contribution is 0.192. The van der Waals surface area contributed by atoms with Gasteiger partial charge in [-0.2, -0.15) is 0 Å². The molecule has 0 spiro atoms. The van der Waals surface area contributed by atoms with Gasteiger partial charge >= 0.3 is 0 Å². The van der Waals surface area contributed by atoms with Crippen LogP contribution in [0.2, 0.25) is 0 Å². The maximum atomic E-state index is 10.1. The van der Waals surface area contributed by atoms with Gasteiger partial charge < -0.3 is 9.84 Å². The molecule has 0 amide bonds. The zero-order valence-corrected chi connectivity index (χ0v) is 14.7. The molecule has 0 aliphatic carbocycles. The zero-order valence-electron chi connectivity index (χ0n) is 14.7. The van der Waals surface area contributed by atoms with Crippen molar-refractivity contribution in [1.29, 1.82) is 0 Å². The van der Waals surface area contributed by atoms with E-state index in [0.29, 0.717) is 11.8 Å². The second kappa shape index (κ2) is 7.71. The Morgan fingerprint density at radius 3 is 2.75 bits per heavy atom. The molecule has 1 heterocycles. The van der Waals surface area contributed by atoms with Gasteiger partial charge in [0.2, 0.25) is 0 Å². The molecule has 1 unspecified atom stereocenters. The number of likely N-dealkylation sites (tertiary alicyclic amines) is 1. The summed E-state index contributed by atoms with van der Waals surface area (Å²) in [7, 11) is 1.58. The van der Waals surface area contributed by atoms with Crippen LogP contribution in [0.1, 0.15) is 48.4 Å². The lowest BCUT2D eigenvalue weighted by Gasteiger charge is -2.30. The van der Waals surface area contributed by atoms with Gasteiger partial charge in [0.05, 0.1) is 7.11 Å². The third-order valence-corrected chi connectivity index (χ3v) is 4.92. The molecule has 3 nitrogen and oxygen atoms in total. The molecule has 1 aliphatic rings. The van der Waals surface area contributed by atoms with Crippen molar-refractivity contribution in [3.63, 3.8) is 0 Å². The topological polar surface area (TPSA) is 32.7 Å². The van der Waals surface area contributed by atoms with Gasteiger partial charge in [-0.3, -0.25) is 4.90 Å². The highest BCUT2D eigenvalue weighted by atomic mass is 16.5. The van der Waals surface area contributed by atoms with E-state index in [1.54, 1.807) is 7.11 Å². The fourth-order valence-corrected chi connectivity index (χ4v) is 3.68. The van der Waals surface area contributed by atoms with Crippen LogP contribution in [-0.2, 0) is 6.54 Å². The second-order valence-corrected chi connectivity index (χ2v) is 6.76. The molecule has 3 rings (SSSR count). The van der Waals surface area contributed by atoms with Gasteiger partial charge in [-0.25, -0.2) is 0 Å². The van der Waals surface area contributed by atoms with Gasteiger partial charge in [0.15, 0.2) is 11.5 Å². The molecule has 0 aromatic heterocycles.